The number of nitrogens with one attached hydrogen (secondary N) is 1. The third-order valence-corrected chi connectivity index (χ3v) is 6.76. The molecule has 1 unspecified atom stereocenters. The molecule has 1 saturated heterocycles. The predicted molar refractivity (Wildman–Crippen MR) is 117 cm³/mol. The van der Waals surface area contributed by atoms with Crippen molar-refractivity contribution in [2.45, 2.75) is 56.7 Å². The van der Waals surface area contributed by atoms with Crippen molar-refractivity contribution in [3.05, 3.63) is 65.2 Å². The Labute approximate surface area is 189 Å². The molecule has 5 rings (SSSR count). The molecule has 0 radical (unpaired) electrons. The summed E-state index contributed by atoms with van der Waals surface area (Å²) in [6.45, 7) is 0.480. The van der Waals surface area contributed by atoms with Crippen molar-refractivity contribution < 1.29 is 23.1 Å². The van der Waals surface area contributed by atoms with Crippen LogP contribution in [0.2, 0.25) is 0 Å². The SMILES string of the molecule is O=C(NC1CCC(O)CC1)c1cnn2ccc(N3CCCC3c3cc(F)ccc3F)c(F)c12. The summed E-state index contributed by atoms with van der Waals surface area (Å²) in [6, 6.07) is 4.27. The Morgan fingerprint density at radius 3 is 2.67 bits per heavy atom. The maximum absolute atomic E-state index is 15.8. The van der Waals surface area contributed by atoms with E-state index in [1.807, 2.05) is 0 Å². The van der Waals surface area contributed by atoms with Gasteiger partial charge in [-0.2, -0.15) is 5.10 Å². The third kappa shape index (κ3) is 4.06. The molecule has 1 aromatic carbocycles. The first-order valence-electron chi connectivity index (χ1n) is 11.3. The van der Waals surface area contributed by atoms with Crippen LogP contribution in [0.25, 0.3) is 5.52 Å². The number of aromatic nitrogens is 2. The van der Waals surface area contributed by atoms with E-state index in [0.29, 0.717) is 45.1 Å². The number of halogens is 3. The van der Waals surface area contributed by atoms with Crippen LogP contribution in [0.3, 0.4) is 0 Å². The van der Waals surface area contributed by atoms with E-state index in [2.05, 4.69) is 10.4 Å². The standard InChI is InChI=1S/C24H25F3N4O2/c25-14-3-8-19(26)17(12-14)20-2-1-10-30(20)21-9-11-31-23(22(21)27)18(13-28-31)24(33)29-15-4-6-16(32)7-5-15/h3,8-9,11-13,15-16,20,32H,1-2,4-7,10H2,(H,29,33). The number of fused-ring (bicyclic) bond motifs is 1. The largest absolute Gasteiger partial charge is 0.393 e. The lowest BCUT2D eigenvalue weighted by molar-refractivity contribution is 0.0869. The average Bonchev–Trinajstić information content (AvgIpc) is 3.45. The van der Waals surface area contributed by atoms with E-state index in [0.717, 1.165) is 18.2 Å². The fraction of sp³-hybridized carbons (Fsp3) is 0.417. The minimum atomic E-state index is -0.622. The van der Waals surface area contributed by atoms with Crippen molar-refractivity contribution in [2.24, 2.45) is 0 Å². The highest BCUT2D eigenvalue weighted by molar-refractivity contribution is 6.01. The van der Waals surface area contributed by atoms with Crippen molar-refractivity contribution in [1.29, 1.82) is 0 Å². The van der Waals surface area contributed by atoms with Crippen LogP contribution in [-0.4, -0.2) is 39.3 Å². The topological polar surface area (TPSA) is 69.9 Å². The molecule has 2 N–H and O–H groups in total. The summed E-state index contributed by atoms with van der Waals surface area (Å²) in [5.74, 6) is -2.12. The molecule has 33 heavy (non-hydrogen) atoms. The van der Waals surface area contributed by atoms with Gasteiger partial charge >= 0.3 is 0 Å². The zero-order valence-electron chi connectivity index (χ0n) is 18.0. The molecule has 2 aromatic heterocycles. The van der Waals surface area contributed by atoms with Crippen molar-refractivity contribution in [3.63, 3.8) is 0 Å². The Bertz CT molecular complexity index is 1190. The van der Waals surface area contributed by atoms with Crippen LogP contribution in [-0.2, 0) is 0 Å². The van der Waals surface area contributed by atoms with Gasteiger partial charge in [-0.1, -0.05) is 0 Å². The number of hydrogen-bond acceptors (Lipinski definition) is 4. The summed E-state index contributed by atoms with van der Waals surface area (Å²) >= 11 is 0. The van der Waals surface area contributed by atoms with E-state index in [1.165, 1.54) is 10.7 Å². The minimum absolute atomic E-state index is 0.0474. The monoisotopic (exact) mass is 458 g/mol. The first-order valence-corrected chi connectivity index (χ1v) is 11.3. The molecule has 3 aromatic rings. The number of pyridine rings is 1. The second-order valence-corrected chi connectivity index (χ2v) is 8.86. The number of aliphatic hydroxyl groups is 1. The van der Waals surface area contributed by atoms with E-state index in [9.17, 15) is 18.7 Å². The zero-order valence-corrected chi connectivity index (χ0v) is 18.0. The number of hydrogen-bond donors (Lipinski definition) is 2. The molecule has 2 fully saturated rings. The molecule has 6 nitrogen and oxygen atoms in total. The van der Waals surface area contributed by atoms with Crippen molar-refractivity contribution in [2.75, 3.05) is 11.4 Å². The third-order valence-electron chi connectivity index (χ3n) is 6.76. The lowest BCUT2D eigenvalue weighted by Crippen LogP contribution is -2.38. The van der Waals surface area contributed by atoms with Crippen LogP contribution in [0.4, 0.5) is 18.9 Å². The number of nitrogens with zero attached hydrogens (tertiary/aromatic N) is 3. The fourth-order valence-electron chi connectivity index (χ4n) is 5.05. The molecule has 1 saturated carbocycles. The van der Waals surface area contributed by atoms with E-state index < -0.39 is 29.4 Å². The molecule has 2 aliphatic rings. The molecule has 174 valence electrons. The van der Waals surface area contributed by atoms with Crippen LogP contribution in [0.15, 0.2) is 36.7 Å². The molecular formula is C24H25F3N4O2. The average molecular weight is 458 g/mol. The summed E-state index contributed by atoms with van der Waals surface area (Å²) in [6.07, 6.45) is 6.38. The number of carbonyl (C=O) groups is 1. The first-order chi connectivity index (χ1) is 15.9. The second-order valence-electron chi connectivity index (χ2n) is 8.86. The Balaban J connectivity index is 1.47. The van der Waals surface area contributed by atoms with Gasteiger partial charge in [-0.05, 0) is 62.8 Å². The van der Waals surface area contributed by atoms with Crippen LogP contribution in [0, 0.1) is 17.5 Å². The van der Waals surface area contributed by atoms with Crippen LogP contribution in [0.5, 0.6) is 0 Å². The zero-order chi connectivity index (χ0) is 23.1. The maximum Gasteiger partial charge on any atom is 0.255 e. The van der Waals surface area contributed by atoms with E-state index in [4.69, 9.17) is 0 Å². The second kappa shape index (κ2) is 8.70. The van der Waals surface area contributed by atoms with Crippen LogP contribution < -0.4 is 10.2 Å². The van der Waals surface area contributed by atoms with Gasteiger partial charge in [0.15, 0.2) is 5.82 Å². The highest BCUT2D eigenvalue weighted by Crippen LogP contribution is 2.39. The molecule has 1 aliphatic heterocycles. The van der Waals surface area contributed by atoms with Crippen molar-refractivity contribution >= 4 is 17.1 Å². The molecule has 3 heterocycles. The predicted octanol–water partition coefficient (Wildman–Crippen LogP) is 4.13. The number of amides is 1. The van der Waals surface area contributed by atoms with E-state index in [-0.39, 0.29) is 34.5 Å². The molecule has 1 amide bonds. The van der Waals surface area contributed by atoms with Crippen molar-refractivity contribution in [1.82, 2.24) is 14.9 Å². The Morgan fingerprint density at radius 2 is 1.88 bits per heavy atom. The highest BCUT2D eigenvalue weighted by Gasteiger charge is 2.32. The molecule has 1 atom stereocenters. The lowest BCUT2D eigenvalue weighted by Gasteiger charge is -2.28. The Kier molecular flexibility index (Phi) is 5.74. The quantitative estimate of drug-likeness (QED) is 0.617. The van der Waals surface area contributed by atoms with Crippen molar-refractivity contribution in [3.8, 4) is 0 Å². The normalized spacial score (nSPS) is 23.3. The molecule has 0 bridgehead atoms. The Morgan fingerprint density at radius 1 is 1.09 bits per heavy atom. The summed E-state index contributed by atoms with van der Waals surface area (Å²) in [5, 5.41) is 16.7. The van der Waals surface area contributed by atoms with Gasteiger partial charge in [0.2, 0.25) is 0 Å². The Hall–Kier alpha value is -3.07. The van der Waals surface area contributed by atoms with Gasteiger partial charge in [0, 0.05) is 24.3 Å². The van der Waals surface area contributed by atoms with Gasteiger partial charge in [0.05, 0.1) is 29.6 Å². The molecule has 1 aliphatic carbocycles. The number of aliphatic hydroxyl groups excluding tert-OH is 1. The summed E-state index contributed by atoms with van der Waals surface area (Å²) < 4.78 is 45.4. The summed E-state index contributed by atoms with van der Waals surface area (Å²) in [7, 11) is 0. The maximum atomic E-state index is 15.8. The number of benzene rings is 1. The van der Waals surface area contributed by atoms with E-state index >= 15 is 4.39 Å². The van der Waals surface area contributed by atoms with Crippen LogP contribution in [0.1, 0.15) is 60.5 Å². The highest BCUT2D eigenvalue weighted by atomic mass is 19.1. The molecule has 9 heteroatoms. The number of anilines is 1. The molecular weight excluding hydrogens is 433 g/mol. The van der Waals surface area contributed by atoms with E-state index in [1.54, 1.807) is 17.2 Å². The smallest absolute Gasteiger partial charge is 0.255 e. The molecule has 0 spiro atoms. The summed E-state index contributed by atoms with van der Waals surface area (Å²) in [5.41, 5.74) is 0.584. The van der Waals surface area contributed by atoms with Gasteiger partial charge in [0.1, 0.15) is 17.2 Å². The fourth-order valence-corrected chi connectivity index (χ4v) is 5.05. The van der Waals surface area contributed by atoms with Gasteiger partial charge in [-0.25, -0.2) is 17.7 Å². The van der Waals surface area contributed by atoms with Gasteiger partial charge < -0.3 is 15.3 Å². The first kappa shape index (κ1) is 21.8. The number of carbonyl (C=O) groups excluding carboxylic acids is 1. The lowest BCUT2D eigenvalue weighted by atomic mass is 9.93. The summed E-state index contributed by atoms with van der Waals surface area (Å²) in [4.78, 5) is 14.7. The van der Waals surface area contributed by atoms with Gasteiger partial charge in [-0.3, -0.25) is 4.79 Å². The van der Waals surface area contributed by atoms with Crippen LogP contribution >= 0.6 is 0 Å². The minimum Gasteiger partial charge on any atom is -0.393 e. The van der Waals surface area contributed by atoms with Gasteiger partial charge in [-0.15, -0.1) is 0 Å². The van der Waals surface area contributed by atoms with Gasteiger partial charge in [0.25, 0.3) is 5.91 Å². The number of rotatable bonds is 4.